The lowest BCUT2D eigenvalue weighted by molar-refractivity contribution is -0.147. The number of benzene rings is 1. The molecule has 45 heavy (non-hydrogen) atoms. The van der Waals surface area contributed by atoms with Gasteiger partial charge in [0.25, 0.3) is 0 Å². The summed E-state index contributed by atoms with van der Waals surface area (Å²) in [5.41, 5.74) is -1.37. The maximum Gasteiger partial charge on any atom is 0.336 e. The van der Waals surface area contributed by atoms with E-state index in [-0.39, 0.29) is 75.6 Å². The van der Waals surface area contributed by atoms with Crippen LogP contribution in [0.5, 0.6) is 0 Å². The minimum absolute atomic E-state index is 0.00150. The lowest BCUT2D eigenvalue weighted by atomic mass is 10.0. The smallest absolute Gasteiger partial charge is 0.336 e. The molecule has 1 aromatic heterocycles. The number of aliphatic hydroxyl groups is 2. The van der Waals surface area contributed by atoms with Gasteiger partial charge in [-0.15, -0.1) is 6.58 Å². The predicted molar refractivity (Wildman–Crippen MR) is 162 cm³/mol. The Kier molecular flexibility index (Phi) is 15.0. The Morgan fingerprint density at radius 2 is 1.24 bits per heavy atom. The van der Waals surface area contributed by atoms with Gasteiger partial charge in [0, 0.05) is 38.5 Å². The zero-order chi connectivity index (χ0) is 33.5. The van der Waals surface area contributed by atoms with Gasteiger partial charge in [-0.25, -0.2) is 28.1 Å². The van der Waals surface area contributed by atoms with E-state index in [9.17, 15) is 43.8 Å². The molecule has 14 nitrogen and oxygen atoms in total. The summed E-state index contributed by atoms with van der Waals surface area (Å²) in [6, 6.07) is 7.07. The molecule has 1 heterocycles. The van der Waals surface area contributed by atoms with Crippen molar-refractivity contribution >= 4 is 23.5 Å². The van der Waals surface area contributed by atoms with Gasteiger partial charge < -0.3 is 19.7 Å². The van der Waals surface area contributed by atoms with Crippen LogP contribution in [0.25, 0.3) is 0 Å². The summed E-state index contributed by atoms with van der Waals surface area (Å²) in [7, 11) is 1.30. The van der Waals surface area contributed by atoms with Crippen LogP contribution in [-0.4, -0.2) is 73.3 Å². The number of aromatic nitrogens is 3. The molecule has 2 atom stereocenters. The van der Waals surface area contributed by atoms with Crippen LogP contribution in [0, 0.1) is 0 Å². The topological polar surface area (TPSA) is 193 Å². The Balaban J connectivity index is 1.79. The highest BCUT2D eigenvalue weighted by molar-refractivity contribution is 5.82. The lowest BCUT2D eigenvalue weighted by Crippen LogP contribution is -2.56. The standard InChI is InChI=1S/C31H41N3O11/c1-4-15-32-29(41)33(18-21(2)35)31(43)34(30(32)42)19-26(38)20-45-28(40)10-6-8-25(37)17-23-13-11-22(12-14-23)16-24(36)7-5-9-27(39)44-3/h4,11-14,21,26,35,38H,1,5-10,15-20H2,2-3H3. The van der Waals surface area contributed by atoms with Crippen LogP contribution in [0.2, 0.25) is 0 Å². The zero-order valence-electron chi connectivity index (χ0n) is 25.6. The van der Waals surface area contributed by atoms with Gasteiger partial charge in [0.2, 0.25) is 0 Å². The fourth-order valence-corrected chi connectivity index (χ4v) is 4.44. The Labute approximate surface area is 259 Å². The third kappa shape index (κ3) is 12.2. The van der Waals surface area contributed by atoms with Crippen molar-refractivity contribution in [2.75, 3.05) is 13.7 Å². The van der Waals surface area contributed by atoms with Gasteiger partial charge >= 0.3 is 29.0 Å². The SMILES string of the molecule is C=CCn1c(=O)n(CC(C)O)c(=O)n(CC(O)COC(=O)CCCC(=O)Cc2ccc(CC(=O)CCCC(=O)OC)cc2)c1=O. The molecule has 0 aliphatic rings. The number of ether oxygens (including phenoxy) is 2. The Hall–Kier alpha value is -4.43. The van der Waals surface area contributed by atoms with Gasteiger partial charge in [-0.05, 0) is 30.9 Å². The van der Waals surface area contributed by atoms with E-state index >= 15 is 0 Å². The first-order chi connectivity index (χ1) is 21.4. The van der Waals surface area contributed by atoms with E-state index in [4.69, 9.17) is 4.74 Å². The fraction of sp³-hybridized carbons (Fsp3) is 0.516. The Morgan fingerprint density at radius 1 is 0.778 bits per heavy atom. The number of carbonyl (C=O) groups is 4. The lowest BCUT2D eigenvalue weighted by Gasteiger charge is -2.16. The highest BCUT2D eigenvalue weighted by atomic mass is 16.5. The summed E-state index contributed by atoms with van der Waals surface area (Å²) >= 11 is 0. The van der Waals surface area contributed by atoms with Gasteiger partial charge in [0.1, 0.15) is 24.3 Å². The van der Waals surface area contributed by atoms with Crippen LogP contribution >= 0.6 is 0 Å². The molecular weight excluding hydrogens is 590 g/mol. The molecule has 2 aromatic rings. The number of hydrogen-bond acceptors (Lipinski definition) is 11. The number of allylic oxidation sites excluding steroid dienone is 1. The number of nitrogens with zero attached hydrogens (tertiary/aromatic N) is 3. The number of hydrogen-bond donors (Lipinski definition) is 2. The second kappa shape index (κ2) is 18.4. The van der Waals surface area contributed by atoms with Gasteiger partial charge in [0.05, 0.1) is 32.8 Å². The van der Waals surface area contributed by atoms with E-state index < -0.39 is 48.4 Å². The number of esters is 2. The Bertz CT molecular complexity index is 1520. The maximum atomic E-state index is 12.7. The quantitative estimate of drug-likeness (QED) is 0.148. The first-order valence-electron chi connectivity index (χ1n) is 14.6. The molecule has 0 aliphatic carbocycles. The van der Waals surface area contributed by atoms with Crippen LogP contribution < -0.4 is 17.1 Å². The van der Waals surface area contributed by atoms with Crippen molar-refractivity contribution in [2.24, 2.45) is 0 Å². The molecule has 0 bridgehead atoms. The molecule has 246 valence electrons. The van der Waals surface area contributed by atoms with Crippen molar-refractivity contribution in [3.63, 3.8) is 0 Å². The molecule has 2 N–H and O–H groups in total. The van der Waals surface area contributed by atoms with E-state index in [1.807, 2.05) is 0 Å². The van der Waals surface area contributed by atoms with Crippen molar-refractivity contribution in [3.05, 3.63) is 79.5 Å². The molecule has 2 rings (SSSR count). The summed E-state index contributed by atoms with van der Waals surface area (Å²) in [6.07, 6.45) is 0.270. The summed E-state index contributed by atoms with van der Waals surface area (Å²) in [4.78, 5) is 85.7. The van der Waals surface area contributed by atoms with Crippen molar-refractivity contribution in [2.45, 2.75) is 90.1 Å². The summed E-state index contributed by atoms with van der Waals surface area (Å²) < 4.78 is 11.6. The number of Topliss-reactive ketones (excluding diaryl/α,β-unsaturated/α-hetero) is 2. The number of methoxy groups -OCH3 is 1. The maximum absolute atomic E-state index is 12.7. The van der Waals surface area contributed by atoms with Crippen LogP contribution in [0.1, 0.15) is 56.6 Å². The molecule has 0 amide bonds. The summed E-state index contributed by atoms with van der Waals surface area (Å²) in [5, 5.41) is 20.0. The normalized spacial score (nSPS) is 12.3. The zero-order valence-corrected chi connectivity index (χ0v) is 25.6. The van der Waals surface area contributed by atoms with Crippen LogP contribution in [0.4, 0.5) is 0 Å². The Morgan fingerprint density at radius 3 is 1.71 bits per heavy atom. The minimum atomic E-state index is -1.45. The minimum Gasteiger partial charge on any atom is -0.469 e. The molecule has 0 spiro atoms. The monoisotopic (exact) mass is 631 g/mol. The van der Waals surface area contributed by atoms with Crippen molar-refractivity contribution in [1.29, 1.82) is 0 Å². The van der Waals surface area contributed by atoms with E-state index in [0.717, 1.165) is 15.7 Å². The average molecular weight is 632 g/mol. The molecule has 0 aliphatic heterocycles. The molecular formula is C31H41N3O11. The van der Waals surface area contributed by atoms with E-state index in [0.29, 0.717) is 15.6 Å². The highest BCUT2D eigenvalue weighted by Gasteiger charge is 2.19. The molecule has 0 fully saturated rings. The second-order valence-electron chi connectivity index (χ2n) is 10.7. The van der Waals surface area contributed by atoms with E-state index in [2.05, 4.69) is 11.3 Å². The average Bonchev–Trinajstić information content (AvgIpc) is 2.99. The molecule has 1 aromatic carbocycles. The van der Waals surface area contributed by atoms with Crippen molar-refractivity contribution < 1.29 is 38.9 Å². The van der Waals surface area contributed by atoms with E-state index in [1.54, 1.807) is 24.3 Å². The van der Waals surface area contributed by atoms with Crippen LogP contribution in [0.15, 0.2) is 51.3 Å². The van der Waals surface area contributed by atoms with Gasteiger partial charge in [-0.1, -0.05) is 30.3 Å². The van der Waals surface area contributed by atoms with Crippen LogP contribution in [-0.2, 0) is 61.1 Å². The number of aliphatic hydroxyl groups excluding tert-OH is 2. The van der Waals surface area contributed by atoms with Crippen molar-refractivity contribution in [1.82, 2.24) is 13.7 Å². The third-order valence-electron chi connectivity index (χ3n) is 6.70. The largest absolute Gasteiger partial charge is 0.469 e. The van der Waals surface area contributed by atoms with E-state index in [1.165, 1.54) is 20.1 Å². The second-order valence-corrected chi connectivity index (χ2v) is 10.7. The van der Waals surface area contributed by atoms with Gasteiger partial charge in [-0.2, -0.15) is 0 Å². The predicted octanol–water partition coefficient (Wildman–Crippen LogP) is 0.0796. The highest BCUT2D eigenvalue weighted by Crippen LogP contribution is 2.11. The molecule has 0 saturated carbocycles. The van der Waals surface area contributed by atoms with Gasteiger partial charge in [0.15, 0.2) is 0 Å². The number of rotatable bonds is 20. The summed E-state index contributed by atoms with van der Waals surface area (Å²) in [6.45, 7) is 3.18. The molecule has 2 unspecified atom stereocenters. The molecule has 0 radical (unpaired) electrons. The molecule has 0 saturated heterocycles. The third-order valence-corrected chi connectivity index (χ3v) is 6.70. The first kappa shape index (κ1) is 36.8. The molecule has 14 heteroatoms. The number of carbonyl (C=O) groups excluding carboxylic acids is 4. The van der Waals surface area contributed by atoms with Crippen LogP contribution in [0.3, 0.4) is 0 Å². The van der Waals surface area contributed by atoms with Gasteiger partial charge in [-0.3, -0.25) is 19.2 Å². The fourth-order valence-electron chi connectivity index (χ4n) is 4.44. The number of ketones is 2. The van der Waals surface area contributed by atoms with Crippen molar-refractivity contribution in [3.8, 4) is 0 Å². The summed E-state index contributed by atoms with van der Waals surface area (Å²) in [5.74, 6) is -1.13. The first-order valence-corrected chi connectivity index (χ1v) is 14.6.